The molecule has 246 valence electrons. The number of hydrogen-bond donors (Lipinski definition) is 1. The molecule has 0 atom stereocenters. The summed E-state index contributed by atoms with van der Waals surface area (Å²) >= 11 is 0. The van der Waals surface area contributed by atoms with Gasteiger partial charge < -0.3 is 29.0 Å². The lowest BCUT2D eigenvalue weighted by molar-refractivity contribution is -0.136. The van der Waals surface area contributed by atoms with E-state index in [2.05, 4.69) is 14.8 Å². The lowest BCUT2D eigenvalue weighted by Gasteiger charge is -2.33. The van der Waals surface area contributed by atoms with E-state index in [1.165, 1.54) is 7.05 Å². The van der Waals surface area contributed by atoms with Crippen molar-refractivity contribution < 1.29 is 77.2 Å². The van der Waals surface area contributed by atoms with E-state index in [1.807, 2.05) is 0 Å². The van der Waals surface area contributed by atoms with Crippen molar-refractivity contribution in [2.24, 2.45) is 0 Å². The minimum Gasteiger partial charge on any atom is -0.420 e. The molecule has 0 aliphatic rings. The van der Waals surface area contributed by atoms with Crippen LogP contribution in [0.4, 0.5) is 43.9 Å². The lowest BCUT2D eigenvalue weighted by atomic mass is 10.0. The number of likely N-dealkylation sites (N-methyl/N-ethyl adjacent to an activating group) is 1. The highest BCUT2D eigenvalue weighted by Gasteiger charge is 2.32. The first-order chi connectivity index (χ1) is 20.7. The third-order valence-corrected chi connectivity index (χ3v) is 5.69. The van der Waals surface area contributed by atoms with E-state index in [9.17, 15) is 53.5 Å². The summed E-state index contributed by atoms with van der Waals surface area (Å²) in [6.45, 7) is 0.503. The van der Waals surface area contributed by atoms with E-state index in [-0.39, 0.29) is 26.4 Å². The van der Waals surface area contributed by atoms with Crippen molar-refractivity contribution in [2.75, 3.05) is 46.7 Å². The molecule has 2 rings (SSSR count). The van der Waals surface area contributed by atoms with E-state index in [0.29, 0.717) is 6.42 Å². The van der Waals surface area contributed by atoms with Crippen molar-refractivity contribution >= 4 is 11.9 Å². The first-order valence-electron chi connectivity index (χ1n) is 12.6. The number of hydrogen-bond acceptors (Lipinski definition) is 8. The van der Waals surface area contributed by atoms with E-state index in [4.69, 9.17) is 14.2 Å². The highest BCUT2D eigenvalue weighted by Crippen LogP contribution is 2.30. The van der Waals surface area contributed by atoms with Gasteiger partial charge in [-0.2, -0.15) is 17.6 Å². The van der Waals surface area contributed by atoms with Gasteiger partial charge in [-0.15, -0.1) is 0 Å². The van der Waals surface area contributed by atoms with Crippen LogP contribution in [0.15, 0.2) is 0 Å². The molecule has 44 heavy (non-hydrogen) atoms. The Balaban J connectivity index is 1.93. The van der Waals surface area contributed by atoms with Gasteiger partial charge >= 0.3 is 11.9 Å². The Morgan fingerprint density at radius 3 is 1.14 bits per heavy atom. The van der Waals surface area contributed by atoms with Gasteiger partial charge in [-0.1, -0.05) is 6.92 Å². The minimum absolute atomic E-state index is 0.0820. The molecule has 0 bridgehead atoms. The molecule has 1 N–H and O–H groups in total. The second kappa shape index (κ2) is 16.6. The van der Waals surface area contributed by atoms with Gasteiger partial charge in [0.15, 0.2) is 0 Å². The van der Waals surface area contributed by atoms with Crippen LogP contribution in [0.2, 0.25) is 0 Å². The quantitative estimate of drug-likeness (QED) is 0.0652. The smallest absolute Gasteiger partial charge is 0.313 e. The van der Waals surface area contributed by atoms with E-state index < -0.39 is 113 Å². The summed E-state index contributed by atoms with van der Waals surface area (Å²) in [5, 5.41) is 2.85. The molecule has 2 aromatic rings. The van der Waals surface area contributed by atoms with Crippen LogP contribution in [0.3, 0.4) is 0 Å². The largest absolute Gasteiger partial charge is 0.420 e. The number of benzene rings is 2. The fourth-order valence-electron chi connectivity index (χ4n) is 3.28. The molecule has 0 radical (unpaired) electrons. The van der Waals surface area contributed by atoms with Crippen LogP contribution in [-0.4, -0.2) is 64.2 Å². The molecular weight excluding hydrogens is 628 g/mol. The molecule has 0 fully saturated rings. The Kier molecular flexibility index (Phi) is 13.8. The Hall–Kier alpha value is -3.48. The van der Waals surface area contributed by atoms with Gasteiger partial charge in [0, 0.05) is 6.61 Å². The molecule has 0 heterocycles. The fraction of sp³-hybridized carbons (Fsp3) is 0.462. The number of halogens is 10. The van der Waals surface area contributed by atoms with Crippen LogP contribution in [0, 0.1) is 58.2 Å². The maximum atomic E-state index is 13.7. The average molecular weight is 653 g/mol. The van der Waals surface area contributed by atoms with Gasteiger partial charge in [0.1, 0.15) is 0 Å². The van der Waals surface area contributed by atoms with Crippen LogP contribution >= 0.6 is 0 Å². The summed E-state index contributed by atoms with van der Waals surface area (Å²) in [6.07, 6.45) is -0.784. The second-order valence-electron chi connectivity index (χ2n) is 8.93. The summed E-state index contributed by atoms with van der Waals surface area (Å²) in [6, 6.07) is 0. The standard InChI is InChI=1S/C26H25F10NO7/c1-3-6-40-9-26(37-2,10-41-7-4-12(38)43-24-20(33)16(29)14(27)17(30)21(24)34)11-42-8-5-13(39)44-25-22(35)18(31)15(28)19(32)23(25)36/h37H,3-11H2,1-2H3. The topological polar surface area (TPSA) is 92.3 Å². The van der Waals surface area contributed by atoms with Crippen LogP contribution in [0.5, 0.6) is 11.5 Å². The molecule has 0 saturated heterocycles. The molecule has 0 saturated carbocycles. The highest BCUT2D eigenvalue weighted by atomic mass is 19.2. The summed E-state index contributed by atoms with van der Waals surface area (Å²) < 4.78 is 159. The van der Waals surface area contributed by atoms with Crippen LogP contribution in [0.1, 0.15) is 26.2 Å². The zero-order valence-corrected chi connectivity index (χ0v) is 23.0. The molecule has 0 aliphatic carbocycles. The summed E-state index contributed by atoms with van der Waals surface area (Å²) in [5.41, 5.74) is -1.17. The van der Waals surface area contributed by atoms with Crippen molar-refractivity contribution in [1.29, 1.82) is 0 Å². The number of nitrogens with one attached hydrogen (secondary N) is 1. The van der Waals surface area contributed by atoms with Crippen molar-refractivity contribution in [3.63, 3.8) is 0 Å². The first-order valence-corrected chi connectivity index (χ1v) is 12.6. The van der Waals surface area contributed by atoms with Gasteiger partial charge in [-0.05, 0) is 13.5 Å². The van der Waals surface area contributed by atoms with Crippen molar-refractivity contribution in [3.05, 3.63) is 58.2 Å². The maximum absolute atomic E-state index is 13.7. The molecule has 2 aromatic carbocycles. The summed E-state index contributed by atoms with van der Waals surface area (Å²) in [7, 11) is 1.46. The van der Waals surface area contributed by atoms with Crippen molar-refractivity contribution in [1.82, 2.24) is 5.32 Å². The predicted octanol–water partition coefficient (Wildman–Crippen LogP) is 4.79. The first kappa shape index (κ1) is 36.7. The number of carbonyl (C=O) groups is 2. The van der Waals surface area contributed by atoms with E-state index in [0.717, 1.165) is 0 Å². The SMILES string of the molecule is CCCOCC(COCCC(=O)Oc1c(F)c(F)c(F)c(F)c1F)(COCCC(=O)Oc1c(F)c(F)c(F)c(F)c1F)NC. The Bertz CT molecular complexity index is 1200. The van der Waals surface area contributed by atoms with E-state index >= 15 is 0 Å². The lowest BCUT2D eigenvalue weighted by Crippen LogP contribution is -2.55. The van der Waals surface area contributed by atoms with Crippen molar-refractivity contribution in [3.8, 4) is 11.5 Å². The monoisotopic (exact) mass is 653 g/mol. The summed E-state index contributed by atoms with van der Waals surface area (Å²) in [5.74, 6) is -29.8. The van der Waals surface area contributed by atoms with Crippen LogP contribution in [-0.2, 0) is 23.8 Å². The van der Waals surface area contributed by atoms with Crippen LogP contribution < -0.4 is 14.8 Å². The molecule has 0 amide bonds. The minimum atomic E-state index is -2.43. The molecule has 0 aromatic heterocycles. The van der Waals surface area contributed by atoms with Crippen molar-refractivity contribution in [2.45, 2.75) is 31.7 Å². The molecule has 8 nitrogen and oxygen atoms in total. The molecule has 0 unspecified atom stereocenters. The predicted molar refractivity (Wildman–Crippen MR) is 128 cm³/mol. The number of ether oxygens (including phenoxy) is 5. The molecule has 18 heteroatoms. The van der Waals surface area contributed by atoms with Gasteiger partial charge in [-0.3, -0.25) is 9.59 Å². The Morgan fingerprint density at radius 1 is 0.545 bits per heavy atom. The zero-order valence-electron chi connectivity index (χ0n) is 23.0. The normalized spacial score (nSPS) is 11.6. The third-order valence-electron chi connectivity index (χ3n) is 5.69. The van der Waals surface area contributed by atoms with Gasteiger partial charge in [0.05, 0.1) is 51.4 Å². The van der Waals surface area contributed by atoms with Gasteiger partial charge in [-0.25, -0.2) is 26.3 Å². The highest BCUT2D eigenvalue weighted by molar-refractivity contribution is 5.73. The maximum Gasteiger partial charge on any atom is 0.313 e. The number of carbonyl (C=O) groups excluding carboxylic acids is 2. The van der Waals surface area contributed by atoms with Crippen LogP contribution in [0.25, 0.3) is 0 Å². The number of rotatable bonds is 17. The molecular formula is C26H25F10NO7. The average Bonchev–Trinajstić information content (AvgIpc) is 3.01. The molecule has 0 aliphatic heterocycles. The van der Waals surface area contributed by atoms with E-state index in [1.54, 1.807) is 6.92 Å². The third kappa shape index (κ3) is 9.02. The molecule has 0 spiro atoms. The second-order valence-corrected chi connectivity index (χ2v) is 8.93. The Morgan fingerprint density at radius 2 is 0.841 bits per heavy atom. The number of esters is 2. The van der Waals surface area contributed by atoms with Gasteiger partial charge in [0.2, 0.25) is 69.7 Å². The van der Waals surface area contributed by atoms with Gasteiger partial charge in [0.25, 0.3) is 0 Å². The summed E-state index contributed by atoms with van der Waals surface area (Å²) in [4.78, 5) is 23.9. The fourth-order valence-corrected chi connectivity index (χ4v) is 3.28. The zero-order chi connectivity index (χ0) is 33.2. The Labute approximate surface area is 243 Å².